The van der Waals surface area contributed by atoms with Gasteiger partial charge in [0.25, 0.3) is 5.91 Å². The molecule has 1 aliphatic heterocycles. The second-order valence-electron chi connectivity index (χ2n) is 6.33. The second kappa shape index (κ2) is 6.93. The molecule has 1 fully saturated rings. The Balaban J connectivity index is 1.68. The minimum absolute atomic E-state index is 0.0933. The predicted molar refractivity (Wildman–Crippen MR) is 93.3 cm³/mol. The van der Waals surface area contributed by atoms with Crippen LogP contribution in [0.4, 0.5) is 0 Å². The summed E-state index contributed by atoms with van der Waals surface area (Å²) in [5.41, 5.74) is 0.886. The molecular weight excluding hydrogens is 326 g/mol. The number of rotatable bonds is 3. The number of amides is 1. The summed E-state index contributed by atoms with van der Waals surface area (Å²) in [5.74, 6) is -0.532. The molecule has 6 nitrogen and oxygen atoms in total. The zero-order valence-corrected chi connectivity index (χ0v) is 15.2. The molecule has 1 atom stereocenters. The second-order valence-corrected chi connectivity index (χ2v) is 7.36. The smallest absolute Gasteiger partial charge is 0.349 e. The molecule has 1 amide bonds. The predicted octanol–water partition coefficient (Wildman–Crippen LogP) is 2.89. The number of likely N-dealkylation sites (tertiary alicyclic amines) is 1. The number of nitrogens with zero attached hydrogens (tertiary/aromatic N) is 3. The average Bonchev–Trinajstić information content (AvgIpc) is 2.97. The number of fused-ring (bicyclic) bond motifs is 1. The lowest BCUT2D eigenvalue weighted by molar-refractivity contribution is -0.139. The van der Waals surface area contributed by atoms with Gasteiger partial charge in [-0.1, -0.05) is 12.8 Å². The Morgan fingerprint density at radius 2 is 1.92 bits per heavy atom. The number of aromatic nitrogens is 2. The average molecular weight is 349 g/mol. The molecule has 1 saturated heterocycles. The van der Waals surface area contributed by atoms with Gasteiger partial charge in [0.05, 0.1) is 5.69 Å². The van der Waals surface area contributed by atoms with Crippen LogP contribution in [-0.2, 0) is 16.6 Å². The van der Waals surface area contributed by atoms with Crippen molar-refractivity contribution in [2.45, 2.75) is 45.6 Å². The monoisotopic (exact) mass is 349 g/mol. The third-order valence-corrected chi connectivity index (χ3v) is 5.63. The number of aryl methyl sites for hydroxylation is 2. The van der Waals surface area contributed by atoms with Gasteiger partial charge in [-0.2, -0.15) is 5.10 Å². The topological polar surface area (TPSA) is 64.4 Å². The highest BCUT2D eigenvalue weighted by molar-refractivity contribution is 7.20. The molecule has 0 spiro atoms. The summed E-state index contributed by atoms with van der Waals surface area (Å²) < 4.78 is 7.18. The van der Waals surface area contributed by atoms with Crippen molar-refractivity contribution in [2.24, 2.45) is 7.05 Å². The first-order chi connectivity index (χ1) is 11.5. The van der Waals surface area contributed by atoms with Crippen LogP contribution in [0, 0.1) is 6.92 Å². The molecule has 130 valence electrons. The van der Waals surface area contributed by atoms with E-state index in [0.29, 0.717) is 4.88 Å². The molecule has 3 heterocycles. The lowest BCUT2D eigenvalue weighted by Gasteiger charge is -2.23. The Bertz CT molecular complexity index is 722. The van der Waals surface area contributed by atoms with Crippen LogP contribution in [0.5, 0.6) is 0 Å². The van der Waals surface area contributed by atoms with Gasteiger partial charge in [0.15, 0.2) is 6.10 Å². The Labute approximate surface area is 145 Å². The molecule has 0 bridgehead atoms. The molecule has 2 aromatic rings. The lowest BCUT2D eigenvalue weighted by atomic mass is 10.2. The molecular formula is C17H23N3O3S. The van der Waals surface area contributed by atoms with E-state index in [2.05, 4.69) is 5.10 Å². The number of esters is 1. The molecule has 3 rings (SSSR count). The van der Waals surface area contributed by atoms with Crippen LogP contribution in [0.2, 0.25) is 0 Å². The Morgan fingerprint density at radius 3 is 2.54 bits per heavy atom. The van der Waals surface area contributed by atoms with E-state index < -0.39 is 12.1 Å². The fraction of sp³-hybridized carbons (Fsp3) is 0.588. The van der Waals surface area contributed by atoms with Gasteiger partial charge in [-0.3, -0.25) is 9.48 Å². The molecule has 0 aliphatic carbocycles. The van der Waals surface area contributed by atoms with E-state index in [4.69, 9.17) is 4.74 Å². The van der Waals surface area contributed by atoms with E-state index in [1.54, 1.807) is 17.7 Å². The van der Waals surface area contributed by atoms with Gasteiger partial charge in [0.2, 0.25) is 0 Å². The Kier molecular flexibility index (Phi) is 4.89. The van der Waals surface area contributed by atoms with E-state index in [-0.39, 0.29) is 5.91 Å². The van der Waals surface area contributed by atoms with E-state index in [9.17, 15) is 9.59 Å². The van der Waals surface area contributed by atoms with Crippen LogP contribution >= 0.6 is 11.3 Å². The van der Waals surface area contributed by atoms with Crippen molar-refractivity contribution in [2.75, 3.05) is 13.1 Å². The summed E-state index contributed by atoms with van der Waals surface area (Å²) in [7, 11) is 1.85. The first kappa shape index (κ1) is 17.0. The number of carbonyl (C=O) groups excluding carboxylic acids is 2. The number of thiophene rings is 1. The van der Waals surface area contributed by atoms with Crippen molar-refractivity contribution < 1.29 is 14.3 Å². The third kappa shape index (κ3) is 3.31. The fourth-order valence-electron chi connectivity index (χ4n) is 3.12. The lowest BCUT2D eigenvalue weighted by Crippen LogP contribution is -2.40. The quantitative estimate of drug-likeness (QED) is 0.799. The maximum absolute atomic E-state index is 12.5. The molecule has 24 heavy (non-hydrogen) atoms. The van der Waals surface area contributed by atoms with E-state index in [1.807, 2.05) is 18.9 Å². The first-order valence-corrected chi connectivity index (χ1v) is 9.22. The summed E-state index contributed by atoms with van der Waals surface area (Å²) in [4.78, 5) is 28.1. The van der Waals surface area contributed by atoms with Crippen LogP contribution in [-0.4, -0.2) is 45.8 Å². The summed E-state index contributed by atoms with van der Waals surface area (Å²) >= 11 is 1.35. The van der Waals surface area contributed by atoms with Gasteiger partial charge >= 0.3 is 5.97 Å². The third-order valence-electron chi connectivity index (χ3n) is 4.45. The zero-order valence-electron chi connectivity index (χ0n) is 14.4. The number of hydrogen-bond acceptors (Lipinski definition) is 5. The molecule has 0 aromatic carbocycles. The highest BCUT2D eigenvalue weighted by atomic mass is 32.1. The summed E-state index contributed by atoms with van der Waals surface area (Å²) in [6.45, 7) is 5.09. The number of ether oxygens (including phenoxy) is 1. The fourth-order valence-corrected chi connectivity index (χ4v) is 4.13. The maximum Gasteiger partial charge on any atom is 0.349 e. The molecule has 1 aliphatic rings. The van der Waals surface area contributed by atoms with Gasteiger partial charge in [0.1, 0.15) is 9.71 Å². The molecule has 0 unspecified atom stereocenters. The molecule has 0 radical (unpaired) electrons. The van der Waals surface area contributed by atoms with Crippen molar-refractivity contribution in [3.8, 4) is 0 Å². The minimum Gasteiger partial charge on any atom is -0.448 e. The standard InChI is InChI=1S/C17H23N3O3S/c1-11-13-10-14(24-16(13)19(3)18-11)17(22)23-12(2)15(21)20-8-6-4-5-7-9-20/h10,12H,4-9H2,1-3H3/t12-/m1/s1. The summed E-state index contributed by atoms with van der Waals surface area (Å²) in [5, 5.41) is 5.28. The van der Waals surface area contributed by atoms with Gasteiger partial charge in [-0.05, 0) is 32.8 Å². The number of hydrogen-bond donors (Lipinski definition) is 0. The van der Waals surface area contributed by atoms with E-state index in [0.717, 1.165) is 54.7 Å². The highest BCUT2D eigenvalue weighted by Crippen LogP contribution is 2.28. The molecule has 0 saturated carbocycles. The van der Waals surface area contributed by atoms with Crippen LogP contribution < -0.4 is 0 Å². The summed E-state index contributed by atoms with van der Waals surface area (Å²) in [6, 6.07) is 1.80. The van der Waals surface area contributed by atoms with Crippen LogP contribution in [0.25, 0.3) is 10.2 Å². The van der Waals surface area contributed by atoms with Gasteiger partial charge in [0, 0.05) is 25.5 Å². The van der Waals surface area contributed by atoms with Crippen molar-refractivity contribution in [1.82, 2.24) is 14.7 Å². The van der Waals surface area contributed by atoms with Crippen LogP contribution in [0.15, 0.2) is 6.07 Å². The zero-order chi connectivity index (χ0) is 17.3. The van der Waals surface area contributed by atoms with Gasteiger partial charge < -0.3 is 9.64 Å². The minimum atomic E-state index is -0.750. The molecule has 0 N–H and O–H groups in total. The van der Waals surface area contributed by atoms with Crippen LogP contribution in [0.3, 0.4) is 0 Å². The van der Waals surface area contributed by atoms with E-state index >= 15 is 0 Å². The van der Waals surface area contributed by atoms with Crippen LogP contribution in [0.1, 0.15) is 48.0 Å². The summed E-state index contributed by atoms with van der Waals surface area (Å²) in [6.07, 6.45) is 3.62. The van der Waals surface area contributed by atoms with Crippen molar-refractivity contribution in [1.29, 1.82) is 0 Å². The normalized spacial score (nSPS) is 16.9. The first-order valence-electron chi connectivity index (χ1n) is 8.40. The van der Waals surface area contributed by atoms with Crippen molar-refractivity contribution >= 4 is 33.4 Å². The molecule has 7 heteroatoms. The van der Waals surface area contributed by atoms with Crippen molar-refractivity contribution in [3.63, 3.8) is 0 Å². The molecule has 2 aromatic heterocycles. The Hall–Kier alpha value is -1.89. The van der Waals surface area contributed by atoms with Crippen molar-refractivity contribution in [3.05, 3.63) is 16.6 Å². The SMILES string of the molecule is Cc1nn(C)c2sc(C(=O)O[C@H](C)C(=O)N3CCCCCC3)cc12. The number of carbonyl (C=O) groups is 2. The Morgan fingerprint density at radius 1 is 1.25 bits per heavy atom. The largest absolute Gasteiger partial charge is 0.448 e. The van der Waals surface area contributed by atoms with E-state index in [1.165, 1.54) is 11.3 Å². The van der Waals surface area contributed by atoms with Gasteiger partial charge in [-0.15, -0.1) is 11.3 Å². The highest BCUT2D eigenvalue weighted by Gasteiger charge is 2.26. The van der Waals surface area contributed by atoms with Gasteiger partial charge in [-0.25, -0.2) is 4.79 Å². The maximum atomic E-state index is 12.5.